The smallest absolute Gasteiger partial charge is 0.235 e. The van der Waals surface area contributed by atoms with Crippen molar-refractivity contribution in [2.75, 3.05) is 33.0 Å². The molecule has 0 aliphatic rings. The molecule has 1 aromatic rings. The maximum absolute atomic E-state index is 12.0. The van der Waals surface area contributed by atoms with Gasteiger partial charge in [-0.2, -0.15) is 4.31 Å². The maximum Gasteiger partial charge on any atom is 0.235 e. The Balaban J connectivity index is 2.47. The van der Waals surface area contributed by atoms with Crippen LogP contribution in [0.15, 0.2) is 24.3 Å². The molecule has 0 spiro atoms. The molecule has 0 aromatic heterocycles. The lowest BCUT2D eigenvalue weighted by Gasteiger charge is -2.20. The van der Waals surface area contributed by atoms with Gasteiger partial charge in [-0.15, -0.1) is 0 Å². The number of benzene rings is 1. The Morgan fingerprint density at radius 1 is 1.33 bits per heavy atom. The van der Waals surface area contributed by atoms with Crippen molar-refractivity contribution < 1.29 is 17.9 Å². The normalized spacial score (nSPS) is 11.8. The van der Waals surface area contributed by atoms with Gasteiger partial charge < -0.3 is 10.1 Å². The third-order valence-electron chi connectivity index (χ3n) is 3.61. The summed E-state index contributed by atoms with van der Waals surface area (Å²) < 4.78 is 29.9. The molecule has 24 heavy (non-hydrogen) atoms. The molecule has 1 rings (SSSR count). The Hall–Kier alpha value is -1.60. The highest BCUT2D eigenvalue weighted by molar-refractivity contribution is 7.88. The van der Waals surface area contributed by atoms with Crippen LogP contribution >= 0.6 is 0 Å². The average Bonchev–Trinajstić information content (AvgIpc) is 2.50. The molecule has 0 unspecified atom stereocenters. The number of carbonyl (C=O) groups is 1. The third-order valence-corrected chi connectivity index (χ3v) is 4.86. The van der Waals surface area contributed by atoms with Gasteiger partial charge in [0.25, 0.3) is 0 Å². The molecule has 0 saturated heterocycles. The van der Waals surface area contributed by atoms with Gasteiger partial charge in [0, 0.05) is 13.1 Å². The molecule has 1 N–H and O–H groups in total. The van der Waals surface area contributed by atoms with Crippen molar-refractivity contribution in [3.8, 4) is 5.75 Å². The van der Waals surface area contributed by atoms with Crippen LogP contribution < -0.4 is 10.1 Å². The molecule has 0 heterocycles. The summed E-state index contributed by atoms with van der Waals surface area (Å²) in [7, 11) is -1.78. The van der Waals surface area contributed by atoms with E-state index in [1.54, 1.807) is 7.11 Å². The predicted molar refractivity (Wildman–Crippen MR) is 95.6 cm³/mol. The van der Waals surface area contributed by atoms with Crippen LogP contribution in [0.1, 0.15) is 25.8 Å². The molecule has 0 saturated carbocycles. The van der Waals surface area contributed by atoms with E-state index in [4.69, 9.17) is 4.74 Å². The lowest BCUT2D eigenvalue weighted by molar-refractivity contribution is -0.121. The summed E-state index contributed by atoms with van der Waals surface area (Å²) in [4.78, 5) is 12.0. The van der Waals surface area contributed by atoms with Crippen LogP contribution in [0.4, 0.5) is 0 Å². The Kier molecular flexibility index (Phi) is 8.21. The van der Waals surface area contributed by atoms with Gasteiger partial charge in [-0.25, -0.2) is 8.42 Å². The van der Waals surface area contributed by atoms with Crippen molar-refractivity contribution in [3.05, 3.63) is 29.8 Å². The first kappa shape index (κ1) is 20.4. The van der Waals surface area contributed by atoms with Crippen molar-refractivity contribution in [3.63, 3.8) is 0 Å². The predicted octanol–water partition coefficient (Wildman–Crippen LogP) is 1.66. The van der Waals surface area contributed by atoms with Gasteiger partial charge in [0.05, 0.1) is 19.9 Å². The van der Waals surface area contributed by atoms with Crippen LogP contribution in [-0.2, 0) is 21.2 Å². The zero-order chi connectivity index (χ0) is 18.2. The molecular weight excluding hydrogens is 328 g/mol. The van der Waals surface area contributed by atoms with Gasteiger partial charge in [0.2, 0.25) is 15.9 Å². The van der Waals surface area contributed by atoms with E-state index in [0.29, 0.717) is 25.4 Å². The van der Waals surface area contributed by atoms with Crippen LogP contribution in [0, 0.1) is 5.92 Å². The molecule has 0 radical (unpaired) electrons. The van der Waals surface area contributed by atoms with E-state index in [1.165, 1.54) is 4.31 Å². The zero-order valence-electron chi connectivity index (χ0n) is 14.9. The Morgan fingerprint density at radius 3 is 2.62 bits per heavy atom. The van der Waals surface area contributed by atoms with Crippen LogP contribution in [0.2, 0.25) is 0 Å². The van der Waals surface area contributed by atoms with Crippen LogP contribution in [0.25, 0.3) is 0 Å². The molecule has 0 aliphatic carbocycles. The number of sulfonamides is 1. The average molecular weight is 356 g/mol. The lowest BCUT2D eigenvalue weighted by Crippen LogP contribution is -2.41. The minimum atomic E-state index is -3.39. The summed E-state index contributed by atoms with van der Waals surface area (Å²) in [6, 6.07) is 7.63. The highest BCUT2D eigenvalue weighted by Gasteiger charge is 2.19. The maximum atomic E-state index is 12.0. The minimum absolute atomic E-state index is 0.135. The summed E-state index contributed by atoms with van der Waals surface area (Å²) in [6.07, 6.45) is 2.52. The highest BCUT2D eigenvalue weighted by Crippen LogP contribution is 2.12. The first-order chi connectivity index (χ1) is 11.2. The van der Waals surface area contributed by atoms with Crippen LogP contribution in [-0.4, -0.2) is 51.6 Å². The lowest BCUT2D eigenvalue weighted by atomic mass is 10.1. The fourth-order valence-corrected chi connectivity index (χ4v) is 2.94. The van der Waals surface area contributed by atoms with E-state index < -0.39 is 10.0 Å². The van der Waals surface area contributed by atoms with Crippen molar-refractivity contribution in [2.24, 2.45) is 5.92 Å². The van der Waals surface area contributed by atoms with Gasteiger partial charge in [-0.05, 0) is 36.5 Å². The molecule has 0 aliphatic heterocycles. The Labute approximate surface area is 145 Å². The number of ether oxygens (including phenoxy) is 1. The quantitative estimate of drug-likeness (QED) is 0.692. The first-order valence-electron chi connectivity index (χ1n) is 8.07. The largest absolute Gasteiger partial charge is 0.497 e. The van der Waals surface area contributed by atoms with Crippen molar-refractivity contribution in [2.45, 2.75) is 26.7 Å². The fourth-order valence-electron chi connectivity index (χ4n) is 2.15. The van der Waals surface area contributed by atoms with E-state index in [0.717, 1.165) is 24.0 Å². The number of hydrogen-bond acceptors (Lipinski definition) is 4. The van der Waals surface area contributed by atoms with E-state index in [1.807, 2.05) is 38.1 Å². The second-order valence-electron chi connectivity index (χ2n) is 6.23. The number of hydrogen-bond donors (Lipinski definition) is 1. The number of rotatable bonds is 10. The van der Waals surface area contributed by atoms with Gasteiger partial charge in [-0.1, -0.05) is 26.0 Å². The van der Waals surface area contributed by atoms with E-state index in [2.05, 4.69) is 5.32 Å². The minimum Gasteiger partial charge on any atom is -0.497 e. The summed E-state index contributed by atoms with van der Waals surface area (Å²) >= 11 is 0. The summed E-state index contributed by atoms with van der Waals surface area (Å²) in [6.45, 7) is 4.72. The monoisotopic (exact) mass is 356 g/mol. The molecule has 7 heteroatoms. The van der Waals surface area contributed by atoms with E-state index in [9.17, 15) is 13.2 Å². The standard InChI is InChI=1S/C17H28N2O4S/c1-14(2)9-11-19(24(4,21)22)13-17(20)18-10-8-15-6-5-7-16(12-15)23-3/h5-7,12,14H,8-11,13H2,1-4H3,(H,18,20). The second-order valence-corrected chi connectivity index (χ2v) is 8.21. The van der Waals surface area contributed by atoms with Gasteiger partial charge in [-0.3, -0.25) is 4.79 Å². The topological polar surface area (TPSA) is 75.7 Å². The highest BCUT2D eigenvalue weighted by atomic mass is 32.2. The SMILES string of the molecule is COc1cccc(CCNC(=O)CN(CCC(C)C)S(C)(=O)=O)c1. The summed E-state index contributed by atoms with van der Waals surface area (Å²) in [5.74, 6) is 0.869. The van der Waals surface area contributed by atoms with Gasteiger partial charge in [0.1, 0.15) is 5.75 Å². The number of amides is 1. The molecular formula is C17H28N2O4S. The third kappa shape index (κ3) is 7.79. The van der Waals surface area contributed by atoms with Crippen molar-refractivity contribution in [1.82, 2.24) is 9.62 Å². The molecule has 0 atom stereocenters. The summed E-state index contributed by atoms with van der Waals surface area (Å²) in [5, 5.41) is 2.77. The fraction of sp³-hybridized carbons (Fsp3) is 0.588. The molecule has 0 fully saturated rings. The van der Waals surface area contributed by atoms with E-state index in [-0.39, 0.29) is 12.5 Å². The number of carbonyl (C=O) groups excluding carboxylic acids is 1. The zero-order valence-corrected chi connectivity index (χ0v) is 15.7. The molecule has 136 valence electrons. The Bertz CT molecular complexity index is 629. The first-order valence-corrected chi connectivity index (χ1v) is 9.92. The van der Waals surface area contributed by atoms with Crippen molar-refractivity contribution in [1.29, 1.82) is 0 Å². The van der Waals surface area contributed by atoms with Gasteiger partial charge >= 0.3 is 0 Å². The molecule has 6 nitrogen and oxygen atoms in total. The van der Waals surface area contributed by atoms with Gasteiger partial charge in [0.15, 0.2) is 0 Å². The second kappa shape index (κ2) is 9.64. The molecule has 1 amide bonds. The van der Waals surface area contributed by atoms with Crippen LogP contribution in [0.5, 0.6) is 5.75 Å². The Morgan fingerprint density at radius 2 is 2.04 bits per heavy atom. The molecule has 0 bridgehead atoms. The molecule has 1 aromatic carbocycles. The number of methoxy groups -OCH3 is 1. The number of nitrogens with one attached hydrogen (secondary N) is 1. The number of nitrogens with zero attached hydrogens (tertiary/aromatic N) is 1. The van der Waals surface area contributed by atoms with Crippen LogP contribution in [0.3, 0.4) is 0 Å². The summed E-state index contributed by atoms with van der Waals surface area (Å²) in [5.41, 5.74) is 1.05. The van der Waals surface area contributed by atoms with E-state index >= 15 is 0 Å². The van der Waals surface area contributed by atoms with Crippen molar-refractivity contribution >= 4 is 15.9 Å².